The van der Waals surface area contributed by atoms with Crippen molar-refractivity contribution >= 4 is 40.8 Å². The van der Waals surface area contributed by atoms with Gasteiger partial charge in [0, 0.05) is 24.7 Å². The first kappa shape index (κ1) is 11.9. The van der Waals surface area contributed by atoms with Crippen molar-refractivity contribution in [3.63, 3.8) is 0 Å². The van der Waals surface area contributed by atoms with E-state index >= 15 is 0 Å². The van der Waals surface area contributed by atoms with Crippen LogP contribution in [-0.4, -0.2) is 23.3 Å². The van der Waals surface area contributed by atoms with E-state index in [1.165, 1.54) is 0 Å². The van der Waals surface area contributed by atoms with E-state index < -0.39 is 0 Å². The molecule has 2 aromatic rings. The van der Waals surface area contributed by atoms with E-state index in [0.29, 0.717) is 22.7 Å². The Bertz CT molecular complexity index is 718. The molecule has 0 saturated carbocycles. The van der Waals surface area contributed by atoms with Gasteiger partial charge in [-0.2, -0.15) is 0 Å². The molecule has 0 aliphatic carbocycles. The van der Waals surface area contributed by atoms with Crippen LogP contribution in [0.15, 0.2) is 22.6 Å². The lowest BCUT2D eigenvalue weighted by atomic mass is 10.1. The largest absolute Gasteiger partial charge is 0.429 e. The van der Waals surface area contributed by atoms with Crippen LogP contribution in [0.5, 0.6) is 0 Å². The number of hydrogen-bond acceptors (Lipinski definition) is 4. The minimum Gasteiger partial charge on any atom is -0.429 e. The average molecular weight is 277 g/mol. The van der Waals surface area contributed by atoms with Crippen molar-refractivity contribution < 1.29 is 14.0 Å². The molecule has 1 atom stereocenters. The van der Waals surface area contributed by atoms with Gasteiger partial charge < -0.3 is 20.0 Å². The third kappa shape index (κ3) is 2.37. The molecule has 0 bridgehead atoms. The zero-order chi connectivity index (χ0) is 13.4. The number of carbonyl (C=O) groups excluding carboxylic acids is 2. The quantitative estimate of drug-likeness (QED) is 0.727. The minimum atomic E-state index is -0.319. The van der Waals surface area contributed by atoms with Gasteiger partial charge in [-0.25, -0.2) is 0 Å². The number of carbonyl (C=O) groups is 2. The maximum absolute atomic E-state index is 11.9. The second-order valence-electron chi connectivity index (χ2n) is 4.42. The highest BCUT2D eigenvalue weighted by Gasteiger charge is 2.27. The molecule has 1 saturated heterocycles. The number of nitrogens with one attached hydrogen (secondary N) is 3. The molecule has 1 aromatic carbocycles. The summed E-state index contributed by atoms with van der Waals surface area (Å²) < 4.78 is 5.27. The van der Waals surface area contributed by atoms with Crippen LogP contribution >= 0.6 is 12.2 Å². The van der Waals surface area contributed by atoms with Crippen LogP contribution in [-0.2, 0) is 9.59 Å². The van der Waals surface area contributed by atoms with Crippen LogP contribution in [0.1, 0.15) is 6.42 Å². The van der Waals surface area contributed by atoms with Crippen molar-refractivity contribution in [2.45, 2.75) is 6.42 Å². The number of aromatic nitrogens is 1. The summed E-state index contributed by atoms with van der Waals surface area (Å²) in [4.78, 5) is 26.2. The highest BCUT2D eigenvalue weighted by Crippen LogP contribution is 2.20. The molecule has 1 fully saturated rings. The molecule has 2 amide bonds. The maximum Gasteiger partial charge on any atom is 0.266 e. The van der Waals surface area contributed by atoms with Gasteiger partial charge in [-0.3, -0.25) is 9.59 Å². The standard InChI is InChI=1S/C12H11N3O3S/c16-10-3-6(5-13-10)11(17)14-7-1-2-8-9(4-7)18-12(19)15-8/h1-2,4,6H,3,5H2,(H,13,16)(H,14,17)(H,15,19)/t6-/m1/s1. The van der Waals surface area contributed by atoms with Gasteiger partial charge in [0.05, 0.1) is 11.4 Å². The van der Waals surface area contributed by atoms with E-state index in [1.54, 1.807) is 18.2 Å². The van der Waals surface area contributed by atoms with Gasteiger partial charge in [-0.1, -0.05) is 0 Å². The third-order valence-corrected chi connectivity index (χ3v) is 3.22. The fourth-order valence-corrected chi connectivity index (χ4v) is 2.26. The Labute approximate surface area is 113 Å². The van der Waals surface area contributed by atoms with Crippen LogP contribution in [0, 0.1) is 10.8 Å². The van der Waals surface area contributed by atoms with E-state index in [9.17, 15) is 9.59 Å². The minimum absolute atomic E-state index is 0.0908. The lowest BCUT2D eigenvalue weighted by molar-refractivity contribution is -0.123. The Hall–Kier alpha value is -2.15. The molecule has 1 aliphatic rings. The summed E-state index contributed by atoms with van der Waals surface area (Å²) >= 11 is 4.89. The fraction of sp³-hybridized carbons (Fsp3) is 0.250. The van der Waals surface area contributed by atoms with Crippen LogP contribution < -0.4 is 10.6 Å². The van der Waals surface area contributed by atoms with Crippen molar-refractivity contribution in [2.75, 3.05) is 11.9 Å². The van der Waals surface area contributed by atoms with Gasteiger partial charge in [-0.15, -0.1) is 0 Å². The first-order chi connectivity index (χ1) is 9.11. The topological polar surface area (TPSA) is 87.1 Å². The van der Waals surface area contributed by atoms with E-state index in [1.807, 2.05) is 0 Å². The lowest BCUT2D eigenvalue weighted by Gasteiger charge is -2.08. The summed E-state index contributed by atoms with van der Waals surface area (Å²) in [5.74, 6) is -0.584. The van der Waals surface area contributed by atoms with Crippen molar-refractivity contribution in [1.29, 1.82) is 0 Å². The van der Waals surface area contributed by atoms with E-state index in [-0.39, 0.29) is 24.2 Å². The zero-order valence-electron chi connectivity index (χ0n) is 9.86. The molecule has 3 rings (SSSR count). The fourth-order valence-electron chi connectivity index (χ4n) is 2.06. The number of H-pyrrole nitrogens is 1. The Morgan fingerprint density at radius 3 is 3.05 bits per heavy atom. The monoisotopic (exact) mass is 277 g/mol. The molecule has 1 aromatic heterocycles. The van der Waals surface area contributed by atoms with Gasteiger partial charge in [0.2, 0.25) is 11.8 Å². The van der Waals surface area contributed by atoms with Gasteiger partial charge in [-0.05, 0) is 24.4 Å². The van der Waals surface area contributed by atoms with Crippen molar-refractivity contribution in [1.82, 2.24) is 10.3 Å². The lowest BCUT2D eigenvalue weighted by Crippen LogP contribution is -2.24. The number of oxazole rings is 1. The molecule has 1 aliphatic heterocycles. The number of anilines is 1. The predicted octanol–water partition coefficient (Wildman–Crippen LogP) is 1.56. The molecule has 0 unspecified atom stereocenters. The summed E-state index contributed by atoms with van der Waals surface area (Å²) in [6.07, 6.45) is 0.235. The number of hydrogen-bond donors (Lipinski definition) is 3. The summed E-state index contributed by atoms with van der Waals surface area (Å²) in [5, 5.41) is 5.40. The van der Waals surface area contributed by atoms with Gasteiger partial charge in [0.1, 0.15) is 0 Å². The van der Waals surface area contributed by atoms with Crippen molar-refractivity contribution in [3.8, 4) is 0 Å². The Morgan fingerprint density at radius 2 is 2.32 bits per heavy atom. The number of rotatable bonds is 2. The van der Waals surface area contributed by atoms with E-state index in [0.717, 1.165) is 5.52 Å². The second-order valence-corrected chi connectivity index (χ2v) is 4.79. The predicted molar refractivity (Wildman–Crippen MR) is 71.1 cm³/mol. The molecule has 2 heterocycles. The number of fused-ring (bicyclic) bond motifs is 1. The Morgan fingerprint density at radius 1 is 1.47 bits per heavy atom. The molecule has 0 radical (unpaired) electrons. The van der Waals surface area contributed by atoms with E-state index in [2.05, 4.69) is 15.6 Å². The molecular weight excluding hydrogens is 266 g/mol. The SMILES string of the molecule is O=C1C[C@@H](C(=O)Nc2ccc3[nH]c(=S)oc3c2)CN1. The molecule has 0 spiro atoms. The molecule has 3 N–H and O–H groups in total. The maximum atomic E-state index is 11.9. The molecular formula is C12H11N3O3S. The van der Waals surface area contributed by atoms with Gasteiger partial charge in [0.15, 0.2) is 5.58 Å². The van der Waals surface area contributed by atoms with Crippen LogP contribution in [0.25, 0.3) is 11.1 Å². The van der Waals surface area contributed by atoms with Crippen LogP contribution in [0.2, 0.25) is 0 Å². The summed E-state index contributed by atoms with van der Waals surface area (Å²) in [7, 11) is 0. The Kier molecular flexibility index (Phi) is 2.83. The van der Waals surface area contributed by atoms with Gasteiger partial charge in [0.25, 0.3) is 4.84 Å². The molecule has 98 valence electrons. The normalized spacial score (nSPS) is 18.5. The van der Waals surface area contributed by atoms with Crippen LogP contribution in [0.3, 0.4) is 0 Å². The van der Waals surface area contributed by atoms with Crippen molar-refractivity contribution in [2.24, 2.45) is 5.92 Å². The summed E-state index contributed by atoms with van der Waals surface area (Å²) in [6, 6.07) is 5.23. The van der Waals surface area contributed by atoms with Crippen LogP contribution in [0.4, 0.5) is 5.69 Å². The first-order valence-electron chi connectivity index (χ1n) is 5.82. The number of benzene rings is 1. The van der Waals surface area contributed by atoms with E-state index in [4.69, 9.17) is 16.6 Å². The smallest absolute Gasteiger partial charge is 0.266 e. The molecule has 19 heavy (non-hydrogen) atoms. The second kappa shape index (κ2) is 4.51. The number of aromatic amines is 1. The molecule has 7 heteroatoms. The zero-order valence-corrected chi connectivity index (χ0v) is 10.7. The average Bonchev–Trinajstić information content (AvgIpc) is 2.93. The van der Waals surface area contributed by atoms with Gasteiger partial charge >= 0.3 is 0 Å². The third-order valence-electron chi connectivity index (χ3n) is 3.04. The summed E-state index contributed by atoms with van der Waals surface area (Å²) in [6.45, 7) is 0.387. The highest BCUT2D eigenvalue weighted by molar-refractivity contribution is 7.71. The summed E-state index contributed by atoms with van der Waals surface area (Å²) in [5.41, 5.74) is 1.98. The highest BCUT2D eigenvalue weighted by atomic mass is 32.1. The molecule has 6 nitrogen and oxygen atoms in total. The number of amides is 2. The Balaban J connectivity index is 1.79. The van der Waals surface area contributed by atoms with Crippen molar-refractivity contribution in [3.05, 3.63) is 23.0 Å². The first-order valence-corrected chi connectivity index (χ1v) is 6.23.